The molecule has 1 heterocycles. The molecule has 0 radical (unpaired) electrons. The van der Waals surface area contributed by atoms with Crippen LogP contribution in [0.1, 0.15) is 24.2 Å². The second-order valence-corrected chi connectivity index (χ2v) is 4.95. The number of aromatic nitrogens is 2. The van der Waals surface area contributed by atoms with E-state index in [4.69, 9.17) is 29.6 Å². The van der Waals surface area contributed by atoms with Crippen LogP contribution >= 0.6 is 23.8 Å². The van der Waals surface area contributed by atoms with Crippen LogP contribution in [0.2, 0.25) is 5.02 Å². The predicted octanol–water partition coefficient (Wildman–Crippen LogP) is 2.94. The predicted molar refractivity (Wildman–Crippen MR) is 81.4 cm³/mol. The summed E-state index contributed by atoms with van der Waals surface area (Å²) in [6, 6.07) is 7.74. The minimum atomic E-state index is 0.0729. The second-order valence-electron chi connectivity index (χ2n) is 4.07. The lowest BCUT2D eigenvalue weighted by Crippen LogP contribution is -2.13. The normalized spacial score (nSPS) is 11.9. The summed E-state index contributed by atoms with van der Waals surface area (Å²) >= 11 is 10.8. The summed E-state index contributed by atoms with van der Waals surface area (Å²) in [6.07, 6.45) is 3.16. The first-order chi connectivity index (χ1) is 9.06. The minimum Gasteiger partial charge on any atom is -0.388 e. The first-order valence-electron chi connectivity index (χ1n) is 5.70. The van der Waals surface area contributed by atoms with Gasteiger partial charge in [0.15, 0.2) is 0 Å². The molecule has 0 saturated heterocycles. The zero-order valence-corrected chi connectivity index (χ0v) is 11.9. The van der Waals surface area contributed by atoms with Crippen molar-refractivity contribution in [3.63, 3.8) is 0 Å². The van der Waals surface area contributed by atoms with E-state index < -0.39 is 0 Å². The summed E-state index contributed by atoms with van der Waals surface area (Å²) in [5.41, 5.74) is 7.05. The lowest BCUT2D eigenvalue weighted by Gasteiger charge is -2.15. The van der Waals surface area contributed by atoms with Crippen LogP contribution in [0.15, 0.2) is 36.7 Å². The molecule has 0 saturated carbocycles. The molecule has 1 atom stereocenters. The highest BCUT2D eigenvalue weighted by Gasteiger charge is 2.07. The Bertz CT molecular complexity index is 585. The van der Waals surface area contributed by atoms with Crippen molar-refractivity contribution in [2.24, 2.45) is 5.73 Å². The monoisotopic (exact) mass is 292 g/mol. The minimum absolute atomic E-state index is 0.0729. The quantitative estimate of drug-likeness (QED) is 0.848. The smallest absolute Gasteiger partial charge is 0.144 e. The van der Waals surface area contributed by atoms with Crippen LogP contribution in [-0.4, -0.2) is 15.0 Å². The Balaban J connectivity index is 2.10. The lowest BCUT2D eigenvalue weighted by atomic mass is 10.1. The van der Waals surface area contributed by atoms with Crippen molar-refractivity contribution in [2.45, 2.75) is 13.0 Å². The van der Waals surface area contributed by atoms with Crippen LogP contribution in [0.25, 0.3) is 0 Å². The molecule has 0 bridgehead atoms. The van der Waals surface area contributed by atoms with Gasteiger partial charge in [-0.2, -0.15) is 0 Å². The molecule has 1 unspecified atom stereocenters. The zero-order chi connectivity index (χ0) is 13.8. The Morgan fingerprint density at radius 3 is 2.74 bits per heavy atom. The molecule has 2 rings (SSSR count). The average molecular weight is 293 g/mol. The highest BCUT2D eigenvalue weighted by Crippen LogP contribution is 2.20. The van der Waals surface area contributed by atoms with Crippen molar-refractivity contribution in [1.82, 2.24) is 9.97 Å². The third-order valence-electron chi connectivity index (χ3n) is 2.62. The van der Waals surface area contributed by atoms with Crippen LogP contribution < -0.4 is 11.1 Å². The number of hydrogen-bond donors (Lipinski definition) is 2. The molecule has 0 aliphatic carbocycles. The molecule has 0 aliphatic rings. The van der Waals surface area contributed by atoms with E-state index in [-0.39, 0.29) is 11.0 Å². The van der Waals surface area contributed by atoms with Gasteiger partial charge in [0.2, 0.25) is 0 Å². The van der Waals surface area contributed by atoms with Crippen molar-refractivity contribution < 1.29 is 0 Å². The molecule has 19 heavy (non-hydrogen) atoms. The van der Waals surface area contributed by atoms with E-state index in [0.717, 1.165) is 5.56 Å². The summed E-state index contributed by atoms with van der Waals surface area (Å²) in [5, 5.41) is 3.94. The van der Waals surface area contributed by atoms with Crippen LogP contribution in [0.5, 0.6) is 0 Å². The van der Waals surface area contributed by atoms with E-state index in [1.165, 1.54) is 0 Å². The van der Waals surface area contributed by atoms with Crippen molar-refractivity contribution in [1.29, 1.82) is 0 Å². The van der Waals surface area contributed by atoms with Crippen LogP contribution in [0.4, 0.5) is 5.82 Å². The summed E-state index contributed by atoms with van der Waals surface area (Å²) < 4.78 is 0. The number of nitrogens with zero attached hydrogens (tertiary/aromatic N) is 2. The molecule has 98 valence electrons. The maximum atomic E-state index is 5.96. The number of rotatable bonds is 4. The fourth-order valence-corrected chi connectivity index (χ4v) is 1.92. The Morgan fingerprint density at radius 2 is 2.16 bits per heavy atom. The van der Waals surface area contributed by atoms with Gasteiger partial charge in [0.1, 0.15) is 16.5 Å². The molecule has 6 heteroatoms. The number of benzene rings is 1. The molecule has 3 N–H and O–H groups in total. The van der Waals surface area contributed by atoms with Crippen molar-refractivity contribution >= 4 is 34.6 Å². The summed E-state index contributed by atoms with van der Waals surface area (Å²) in [7, 11) is 0. The van der Waals surface area contributed by atoms with Gasteiger partial charge < -0.3 is 11.1 Å². The van der Waals surface area contributed by atoms with E-state index in [1.807, 2.05) is 31.2 Å². The highest BCUT2D eigenvalue weighted by molar-refractivity contribution is 7.80. The molecule has 0 fully saturated rings. The van der Waals surface area contributed by atoms with E-state index in [0.29, 0.717) is 16.5 Å². The Kier molecular flexibility index (Phi) is 4.29. The molecule has 0 aliphatic heterocycles. The summed E-state index contributed by atoms with van der Waals surface area (Å²) in [6.45, 7) is 2.02. The van der Waals surface area contributed by atoms with Gasteiger partial charge in [-0.05, 0) is 24.6 Å². The Labute approximate surface area is 122 Å². The highest BCUT2D eigenvalue weighted by atomic mass is 35.5. The van der Waals surface area contributed by atoms with Gasteiger partial charge in [0.25, 0.3) is 0 Å². The topological polar surface area (TPSA) is 63.8 Å². The van der Waals surface area contributed by atoms with Crippen LogP contribution in [-0.2, 0) is 0 Å². The number of nitrogens with two attached hydrogens (primary N) is 1. The maximum absolute atomic E-state index is 5.96. The van der Waals surface area contributed by atoms with E-state index in [9.17, 15) is 0 Å². The first kappa shape index (κ1) is 13.7. The van der Waals surface area contributed by atoms with Gasteiger partial charge in [-0.3, -0.25) is 0 Å². The number of hydrogen-bond acceptors (Lipinski definition) is 4. The van der Waals surface area contributed by atoms with E-state index in [1.54, 1.807) is 12.4 Å². The maximum Gasteiger partial charge on any atom is 0.144 e. The van der Waals surface area contributed by atoms with Gasteiger partial charge in [-0.1, -0.05) is 36.0 Å². The molecule has 0 spiro atoms. The summed E-state index contributed by atoms with van der Waals surface area (Å²) in [4.78, 5) is 8.58. The van der Waals surface area contributed by atoms with Gasteiger partial charge in [0.05, 0.1) is 18.4 Å². The van der Waals surface area contributed by atoms with Gasteiger partial charge in [-0.25, -0.2) is 9.97 Å². The number of nitrogens with one attached hydrogen (secondary N) is 1. The Hall–Kier alpha value is -1.72. The largest absolute Gasteiger partial charge is 0.388 e. The molecule has 2 aromatic rings. The van der Waals surface area contributed by atoms with E-state index >= 15 is 0 Å². The van der Waals surface area contributed by atoms with E-state index in [2.05, 4.69) is 15.3 Å². The van der Waals surface area contributed by atoms with Crippen LogP contribution in [0.3, 0.4) is 0 Å². The third-order valence-corrected chi connectivity index (χ3v) is 3.06. The number of anilines is 1. The fraction of sp³-hybridized carbons (Fsp3) is 0.154. The number of thiocarbonyl (C=S) groups is 1. The molecule has 1 aromatic carbocycles. The molecule has 0 amide bonds. The van der Waals surface area contributed by atoms with Crippen molar-refractivity contribution in [3.05, 3.63) is 52.9 Å². The zero-order valence-electron chi connectivity index (χ0n) is 10.3. The van der Waals surface area contributed by atoms with Crippen molar-refractivity contribution in [2.75, 3.05) is 5.32 Å². The Morgan fingerprint density at radius 1 is 1.37 bits per heavy atom. The van der Waals surface area contributed by atoms with Gasteiger partial charge >= 0.3 is 0 Å². The van der Waals surface area contributed by atoms with Crippen LogP contribution in [0, 0.1) is 0 Å². The van der Waals surface area contributed by atoms with Crippen molar-refractivity contribution in [3.8, 4) is 0 Å². The SMILES string of the molecule is CC(Nc1cnc(C(N)=S)cn1)c1cccc(Cl)c1. The molecule has 4 nitrogen and oxygen atoms in total. The standard InChI is InChI=1S/C13H13ClN4S/c1-8(9-3-2-4-10(14)5-9)18-12-7-16-11(6-17-12)13(15)19/h2-8H,1H3,(H2,15,19)(H,17,18). The molecule has 1 aromatic heterocycles. The van der Waals surface area contributed by atoms with Gasteiger partial charge in [-0.15, -0.1) is 0 Å². The lowest BCUT2D eigenvalue weighted by molar-refractivity contribution is 0.871. The average Bonchev–Trinajstić information content (AvgIpc) is 2.39. The summed E-state index contributed by atoms with van der Waals surface area (Å²) in [5.74, 6) is 0.660. The fourth-order valence-electron chi connectivity index (χ4n) is 1.61. The van der Waals surface area contributed by atoms with Gasteiger partial charge in [0, 0.05) is 5.02 Å². The number of halogens is 1. The first-order valence-corrected chi connectivity index (χ1v) is 6.49. The third kappa shape index (κ3) is 3.62. The molecular formula is C13H13ClN4S. The molecular weight excluding hydrogens is 280 g/mol. The second kappa shape index (κ2) is 5.95.